The number of halogens is 1. The van der Waals surface area contributed by atoms with E-state index in [9.17, 15) is 4.79 Å². The first-order valence-electron chi connectivity index (χ1n) is 5.65. The molecular formula is C14H9ClN2O2. The Morgan fingerprint density at radius 1 is 1.11 bits per heavy atom. The normalized spacial score (nSPS) is 10.6. The van der Waals surface area contributed by atoms with Gasteiger partial charge in [-0.15, -0.1) is 0 Å². The summed E-state index contributed by atoms with van der Waals surface area (Å²) in [6, 6.07) is 14.2. The molecule has 0 bridgehead atoms. The Morgan fingerprint density at radius 2 is 1.89 bits per heavy atom. The zero-order chi connectivity index (χ0) is 13.2. The molecule has 0 atom stereocenters. The molecular weight excluding hydrogens is 264 g/mol. The van der Waals surface area contributed by atoms with Gasteiger partial charge in [0.2, 0.25) is 5.78 Å². The molecule has 2 aromatic heterocycles. The third kappa shape index (κ3) is 2.18. The standard InChI is InChI=1S/C14H9ClN2O2/c15-13-7-6-12(19-13)14(18)11-8-9-16-17(11)10-4-2-1-3-5-10/h1-9H. The van der Waals surface area contributed by atoms with Crippen molar-refractivity contribution in [1.82, 2.24) is 9.78 Å². The van der Waals surface area contributed by atoms with Crippen LogP contribution < -0.4 is 0 Å². The minimum atomic E-state index is -0.256. The third-order valence-corrected chi connectivity index (χ3v) is 2.88. The zero-order valence-electron chi connectivity index (χ0n) is 9.79. The molecule has 19 heavy (non-hydrogen) atoms. The van der Waals surface area contributed by atoms with Gasteiger partial charge in [-0.2, -0.15) is 5.10 Å². The van der Waals surface area contributed by atoms with Gasteiger partial charge in [-0.05, 0) is 41.9 Å². The van der Waals surface area contributed by atoms with Crippen LogP contribution in [0.2, 0.25) is 5.22 Å². The minimum absolute atomic E-state index is 0.189. The van der Waals surface area contributed by atoms with Crippen molar-refractivity contribution in [2.75, 3.05) is 0 Å². The second kappa shape index (κ2) is 4.74. The van der Waals surface area contributed by atoms with E-state index in [0.717, 1.165) is 5.69 Å². The Balaban J connectivity index is 2.03. The number of benzene rings is 1. The number of carbonyl (C=O) groups is 1. The van der Waals surface area contributed by atoms with Gasteiger partial charge in [-0.3, -0.25) is 4.79 Å². The van der Waals surface area contributed by atoms with Crippen LogP contribution in [0.3, 0.4) is 0 Å². The molecule has 0 unspecified atom stereocenters. The molecule has 5 heteroatoms. The van der Waals surface area contributed by atoms with Crippen LogP contribution in [0.4, 0.5) is 0 Å². The number of para-hydroxylation sites is 1. The number of nitrogens with zero attached hydrogens (tertiary/aromatic N) is 2. The van der Waals surface area contributed by atoms with E-state index < -0.39 is 0 Å². The van der Waals surface area contributed by atoms with E-state index in [-0.39, 0.29) is 16.8 Å². The zero-order valence-corrected chi connectivity index (χ0v) is 10.5. The molecule has 0 aliphatic rings. The Morgan fingerprint density at radius 3 is 2.58 bits per heavy atom. The van der Waals surface area contributed by atoms with Gasteiger partial charge in [-0.1, -0.05) is 18.2 Å². The summed E-state index contributed by atoms with van der Waals surface area (Å²) in [5.41, 5.74) is 1.24. The molecule has 4 nitrogen and oxygen atoms in total. The summed E-state index contributed by atoms with van der Waals surface area (Å²) in [6.07, 6.45) is 1.57. The van der Waals surface area contributed by atoms with Gasteiger partial charge in [0.05, 0.1) is 11.9 Å². The minimum Gasteiger partial charge on any atom is -0.441 e. The fourth-order valence-electron chi connectivity index (χ4n) is 1.81. The van der Waals surface area contributed by atoms with Crippen molar-refractivity contribution in [3.05, 3.63) is 71.4 Å². The molecule has 3 rings (SSSR count). The maximum atomic E-state index is 12.3. The van der Waals surface area contributed by atoms with Gasteiger partial charge in [0, 0.05) is 0 Å². The van der Waals surface area contributed by atoms with Gasteiger partial charge in [0.15, 0.2) is 11.0 Å². The molecule has 0 N–H and O–H groups in total. The lowest BCUT2D eigenvalue weighted by atomic mass is 10.2. The van der Waals surface area contributed by atoms with Crippen LogP contribution in [-0.4, -0.2) is 15.6 Å². The van der Waals surface area contributed by atoms with Crippen LogP contribution in [0, 0.1) is 0 Å². The van der Waals surface area contributed by atoms with Crippen molar-refractivity contribution in [2.24, 2.45) is 0 Å². The maximum Gasteiger partial charge on any atom is 0.246 e. The van der Waals surface area contributed by atoms with Crippen LogP contribution in [0.5, 0.6) is 0 Å². The molecule has 94 valence electrons. The highest BCUT2D eigenvalue weighted by molar-refractivity contribution is 6.29. The van der Waals surface area contributed by atoms with Gasteiger partial charge < -0.3 is 4.42 Å². The van der Waals surface area contributed by atoms with Gasteiger partial charge in [-0.25, -0.2) is 4.68 Å². The van der Waals surface area contributed by atoms with Crippen molar-refractivity contribution in [3.63, 3.8) is 0 Å². The first-order chi connectivity index (χ1) is 9.25. The molecule has 0 radical (unpaired) electrons. The molecule has 0 saturated carbocycles. The Hall–Kier alpha value is -2.33. The van der Waals surface area contributed by atoms with Gasteiger partial charge in [0.1, 0.15) is 5.69 Å². The molecule has 0 amide bonds. The maximum absolute atomic E-state index is 12.3. The van der Waals surface area contributed by atoms with Crippen molar-refractivity contribution in [2.45, 2.75) is 0 Å². The van der Waals surface area contributed by atoms with Crippen LogP contribution in [0.15, 0.2) is 59.1 Å². The molecule has 1 aromatic carbocycles. The molecule has 0 fully saturated rings. The lowest BCUT2D eigenvalue weighted by molar-refractivity contribution is 0.100. The number of hydrogen-bond donors (Lipinski definition) is 0. The lowest BCUT2D eigenvalue weighted by Gasteiger charge is -2.05. The molecule has 0 saturated heterocycles. The SMILES string of the molecule is O=C(c1ccc(Cl)o1)c1ccnn1-c1ccccc1. The van der Waals surface area contributed by atoms with Crippen molar-refractivity contribution in [3.8, 4) is 5.69 Å². The fraction of sp³-hybridized carbons (Fsp3) is 0. The van der Waals surface area contributed by atoms with E-state index >= 15 is 0 Å². The number of rotatable bonds is 3. The Labute approximate surface area is 114 Å². The third-order valence-electron chi connectivity index (χ3n) is 2.67. The summed E-state index contributed by atoms with van der Waals surface area (Å²) in [6.45, 7) is 0. The quantitative estimate of drug-likeness (QED) is 0.687. The largest absolute Gasteiger partial charge is 0.441 e. The number of carbonyl (C=O) groups excluding carboxylic acids is 1. The molecule has 0 aliphatic heterocycles. The van der Waals surface area contributed by atoms with Crippen LogP contribution in [-0.2, 0) is 0 Å². The van der Waals surface area contributed by atoms with E-state index in [0.29, 0.717) is 5.69 Å². The van der Waals surface area contributed by atoms with E-state index in [1.54, 1.807) is 23.0 Å². The highest BCUT2D eigenvalue weighted by Crippen LogP contribution is 2.18. The monoisotopic (exact) mass is 272 g/mol. The first-order valence-corrected chi connectivity index (χ1v) is 6.03. The fourth-order valence-corrected chi connectivity index (χ4v) is 1.96. The highest BCUT2D eigenvalue weighted by Gasteiger charge is 2.18. The van der Waals surface area contributed by atoms with Crippen molar-refractivity contribution in [1.29, 1.82) is 0 Å². The summed E-state index contributed by atoms with van der Waals surface area (Å²) in [5, 5.41) is 4.35. The van der Waals surface area contributed by atoms with E-state index in [1.807, 2.05) is 30.3 Å². The lowest BCUT2D eigenvalue weighted by Crippen LogP contribution is -2.09. The van der Waals surface area contributed by atoms with Gasteiger partial charge >= 0.3 is 0 Å². The summed E-state index contributed by atoms with van der Waals surface area (Å²) < 4.78 is 6.70. The van der Waals surface area contributed by atoms with Crippen molar-refractivity contribution < 1.29 is 9.21 Å². The van der Waals surface area contributed by atoms with Crippen LogP contribution >= 0.6 is 11.6 Å². The van der Waals surface area contributed by atoms with Crippen LogP contribution in [0.1, 0.15) is 16.2 Å². The van der Waals surface area contributed by atoms with Crippen molar-refractivity contribution >= 4 is 17.4 Å². The van der Waals surface area contributed by atoms with E-state index in [2.05, 4.69) is 5.10 Å². The smallest absolute Gasteiger partial charge is 0.246 e. The predicted octanol–water partition coefficient (Wildman–Crippen LogP) is 3.35. The number of aromatic nitrogens is 2. The Bertz CT molecular complexity index is 716. The number of ketones is 1. The Kier molecular flexibility index (Phi) is 2.93. The van der Waals surface area contributed by atoms with Crippen LogP contribution in [0.25, 0.3) is 5.69 Å². The average molecular weight is 273 g/mol. The summed E-state index contributed by atoms with van der Waals surface area (Å²) in [5.74, 6) is -0.0593. The van der Waals surface area contributed by atoms with E-state index in [1.165, 1.54) is 6.07 Å². The first kappa shape index (κ1) is 11.7. The average Bonchev–Trinajstić information content (AvgIpc) is 3.07. The molecule has 3 aromatic rings. The molecule has 0 aliphatic carbocycles. The van der Waals surface area contributed by atoms with Gasteiger partial charge in [0.25, 0.3) is 0 Å². The second-order valence-corrected chi connectivity index (χ2v) is 4.27. The van der Waals surface area contributed by atoms with E-state index in [4.69, 9.17) is 16.0 Å². The molecule has 0 spiro atoms. The summed E-state index contributed by atoms with van der Waals surface area (Å²) in [4.78, 5) is 12.3. The predicted molar refractivity (Wildman–Crippen MR) is 70.7 cm³/mol. The number of furan rings is 1. The highest BCUT2D eigenvalue weighted by atomic mass is 35.5. The topological polar surface area (TPSA) is 48.0 Å². The molecule has 2 heterocycles. The second-order valence-electron chi connectivity index (χ2n) is 3.90. The summed E-state index contributed by atoms with van der Waals surface area (Å²) in [7, 11) is 0. The summed E-state index contributed by atoms with van der Waals surface area (Å²) >= 11 is 5.68. The number of hydrogen-bond acceptors (Lipinski definition) is 3.